The van der Waals surface area contributed by atoms with Crippen LogP contribution in [0.4, 0.5) is 0 Å². The van der Waals surface area contributed by atoms with Crippen LogP contribution in [0.3, 0.4) is 0 Å². The van der Waals surface area contributed by atoms with E-state index in [2.05, 4.69) is 319 Å². The monoisotopic (exact) mass is 1200 g/mol. The predicted molar refractivity (Wildman–Crippen MR) is 388 cm³/mol. The second-order valence-corrected chi connectivity index (χ2v) is 24.9. The Morgan fingerprint density at radius 1 is 0.255 bits per heavy atom. The van der Waals surface area contributed by atoms with Gasteiger partial charge in [0.2, 0.25) is 0 Å². The normalized spacial score (nSPS) is 12.1. The summed E-state index contributed by atoms with van der Waals surface area (Å²) in [7, 11) is 0. The Morgan fingerprint density at radius 3 is 0.798 bits per heavy atom. The molecule has 20 rings (SSSR count). The van der Waals surface area contributed by atoms with Gasteiger partial charge in [-0.05, 0) is 129 Å². The molecule has 0 saturated heterocycles. The zero-order chi connectivity index (χ0) is 62.0. The molecule has 0 saturated carbocycles. The minimum Gasteiger partial charge on any atom is -0.309 e. The van der Waals surface area contributed by atoms with E-state index in [1.807, 2.05) is 13.8 Å². The van der Waals surface area contributed by atoms with E-state index < -0.39 is 0 Å². The number of hydrogen-bond donors (Lipinski definition) is 0. The van der Waals surface area contributed by atoms with Crippen molar-refractivity contribution in [1.82, 2.24) is 37.4 Å². The molecule has 0 aliphatic heterocycles. The molecule has 438 valence electrons. The lowest BCUT2D eigenvalue weighted by Crippen LogP contribution is -2.06. The summed E-state index contributed by atoms with van der Waals surface area (Å²) in [5.41, 5.74) is 21.4. The maximum atomic E-state index is 12.3. The molecule has 20 aromatic rings. The largest absolute Gasteiger partial charge is 0.309 e. The van der Waals surface area contributed by atoms with Gasteiger partial charge in [-0.3, -0.25) is 0 Å². The number of aromatic nitrogens is 8. The molecule has 0 N–H and O–H groups in total. The first-order valence-electron chi connectivity index (χ1n) is 31.9. The molecule has 0 amide bonds. The van der Waals surface area contributed by atoms with Crippen molar-refractivity contribution in [3.63, 3.8) is 0 Å². The van der Waals surface area contributed by atoms with Crippen LogP contribution >= 0.6 is 0 Å². The average molecular weight is 1200 g/mol. The lowest BCUT2D eigenvalue weighted by atomic mass is 10.0. The fourth-order valence-corrected chi connectivity index (χ4v) is 16.0. The van der Waals surface area contributed by atoms with Crippen molar-refractivity contribution in [3.8, 4) is 51.5 Å². The van der Waals surface area contributed by atoms with Gasteiger partial charge in [-0.2, -0.15) is 5.26 Å². The van der Waals surface area contributed by atoms with Crippen molar-refractivity contribution < 1.29 is 0 Å². The molecule has 0 aliphatic rings. The van der Waals surface area contributed by atoms with Crippen molar-refractivity contribution in [2.75, 3.05) is 0 Å². The molecule has 0 bridgehead atoms. The fourth-order valence-electron chi connectivity index (χ4n) is 16.0. The van der Waals surface area contributed by atoms with Gasteiger partial charge in [0.1, 0.15) is 11.9 Å². The van der Waals surface area contributed by atoms with Gasteiger partial charge in [-0.15, -0.1) is 0 Å². The van der Waals surface area contributed by atoms with Gasteiger partial charge in [-0.1, -0.05) is 170 Å². The highest BCUT2D eigenvalue weighted by Crippen LogP contribution is 2.45. The Kier molecular flexibility index (Phi) is 10.9. The summed E-state index contributed by atoms with van der Waals surface area (Å²) in [6, 6.07) is 106. The van der Waals surface area contributed by atoms with Crippen molar-refractivity contribution in [2.45, 2.75) is 13.8 Å². The van der Waals surface area contributed by atoms with Crippen molar-refractivity contribution in [3.05, 3.63) is 302 Å². The Morgan fingerprint density at radius 2 is 0.521 bits per heavy atom. The summed E-state index contributed by atoms with van der Waals surface area (Å²) in [4.78, 5) is 10.3. The SMILES string of the molecule is Cc1cc(-c2cc(-n3c4cc(-n5c6ccccc6c6ccccc65)ccc4c4ccc(-n5c6ccccc6c6ccccc65)cc43)c(C#N)cc2-n2c3cc(-n4c5ccccc5c5ccccc54)ccc3c3ccc(-n4c5ccccc5c5ccccc54)cc32)nc(C)n1. The molecule has 7 aromatic heterocycles. The maximum absolute atomic E-state index is 12.3. The number of hydrogen-bond acceptors (Lipinski definition) is 3. The highest BCUT2D eigenvalue weighted by Gasteiger charge is 2.27. The molecule has 0 fully saturated rings. The van der Waals surface area contributed by atoms with Crippen LogP contribution < -0.4 is 0 Å². The number of fused-ring (bicyclic) bond motifs is 18. The van der Waals surface area contributed by atoms with Gasteiger partial charge in [0, 0.05) is 98.6 Å². The number of rotatable bonds is 7. The van der Waals surface area contributed by atoms with E-state index in [-0.39, 0.29) is 0 Å². The summed E-state index contributed by atoms with van der Waals surface area (Å²) < 4.78 is 14.3. The lowest BCUT2D eigenvalue weighted by molar-refractivity contribution is 1.01. The van der Waals surface area contributed by atoms with E-state index in [1.54, 1.807) is 0 Å². The molecule has 9 nitrogen and oxygen atoms in total. The van der Waals surface area contributed by atoms with E-state index in [1.165, 1.54) is 43.1 Å². The Bertz CT molecular complexity index is 6150. The van der Waals surface area contributed by atoms with Gasteiger partial charge in [0.15, 0.2) is 0 Å². The van der Waals surface area contributed by atoms with Gasteiger partial charge in [0.05, 0.1) is 88.8 Å². The summed E-state index contributed by atoms with van der Waals surface area (Å²) in [6.45, 7) is 4.01. The van der Waals surface area contributed by atoms with Gasteiger partial charge >= 0.3 is 0 Å². The summed E-state index contributed by atoms with van der Waals surface area (Å²) in [6.07, 6.45) is 0. The van der Waals surface area contributed by atoms with Crippen molar-refractivity contribution >= 4 is 131 Å². The zero-order valence-electron chi connectivity index (χ0n) is 51.2. The second-order valence-electron chi connectivity index (χ2n) is 24.9. The third-order valence-electron chi connectivity index (χ3n) is 19.8. The molecular weight excluding hydrogens is 1150 g/mol. The van der Waals surface area contributed by atoms with Crippen LogP contribution in [0, 0.1) is 25.2 Å². The first-order valence-corrected chi connectivity index (χ1v) is 31.9. The van der Waals surface area contributed by atoms with Gasteiger partial charge < -0.3 is 27.4 Å². The van der Waals surface area contributed by atoms with E-state index >= 15 is 0 Å². The highest BCUT2D eigenvalue weighted by atomic mass is 15.1. The van der Waals surface area contributed by atoms with E-state index in [0.29, 0.717) is 11.4 Å². The van der Waals surface area contributed by atoms with Crippen LogP contribution in [0.2, 0.25) is 0 Å². The quantitative estimate of drug-likeness (QED) is 0.159. The van der Waals surface area contributed by atoms with Crippen molar-refractivity contribution in [1.29, 1.82) is 5.26 Å². The van der Waals surface area contributed by atoms with E-state index in [9.17, 15) is 5.26 Å². The van der Waals surface area contributed by atoms with Gasteiger partial charge in [0.25, 0.3) is 0 Å². The van der Waals surface area contributed by atoms with E-state index in [4.69, 9.17) is 9.97 Å². The fraction of sp³-hybridized carbons (Fsp3) is 0.0235. The van der Waals surface area contributed by atoms with Gasteiger partial charge in [-0.25, -0.2) is 9.97 Å². The minimum atomic E-state index is 0.497. The molecule has 0 spiro atoms. The standard InChI is InChI=1S/C85H53N9/c1-51-43-71(88-52(2)87-51)70-49-80(93-82-45-54(89-72-27-11-3-19-58(72)59-20-4-12-28-73(59)89)35-39-66(82)67-40-36-55(46-83(67)93)90-74-29-13-5-21-60(74)61-22-6-14-30-75(61)90)53(50-86)44-81(70)94-84-47-56(91-76-31-15-7-23-62(76)63-24-8-16-32-77(63)91)37-41-68(84)69-42-38-57(48-85(69)94)92-78-33-17-9-25-64(78)65-26-10-18-34-79(65)92/h3-49H,1-2H3. The summed E-state index contributed by atoms with van der Waals surface area (Å²) in [5.74, 6) is 0.653. The first-order chi connectivity index (χ1) is 46.4. The average Bonchev–Trinajstić information content (AvgIpc) is 1.54. The molecule has 13 aromatic carbocycles. The molecular formula is C85H53N9. The number of aryl methyl sites for hydroxylation is 2. The minimum absolute atomic E-state index is 0.497. The molecule has 0 aliphatic carbocycles. The smallest absolute Gasteiger partial charge is 0.126 e. The molecule has 0 unspecified atom stereocenters. The van der Waals surface area contributed by atoms with Crippen molar-refractivity contribution in [2.24, 2.45) is 0 Å². The predicted octanol–water partition coefficient (Wildman–Crippen LogP) is 21.2. The molecule has 9 heteroatoms. The van der Waals surface area contributed by atoms with E-state index in [0.717, 1.165) is 139 Å². The molecule has 7 heterocycles. The topological polar surface area (TPSA) is 79.1 Å². The lowest BCUT2D eigenvalue weighted by Gasteiger charge is -2.20. The molecule has 0 atom stereocenters. The number of benzene rings is 13. The second kappa shape index (κ2) is 19.6. The van der Waals surface area contributed by atoms with Crippen LogP contribution in [0.15, 0.2) is 285 Å². The molecule has 94 heavy (non-hydrogen) atoms. The number of para-hydroxylation sites is 8. The third kappa shape index (κ3) is 7.33. The zero-order valence-corrected chi connectivity index (χ0v) is 51.2. The van der Waals surface area contributed by atoms with Crippen LogP contribution in [-0.4, -0.2) is 37.4 Å². The molecule has 0 radical (unpaired) electrons. The van der Waals surface area contributed by atoms with Crippen LogP contribution in [-0.2, 0) is 0 Å². The maximum Gasteiger partial charge on any atom is 0.126 e. The Balaban J connectivity index is 0.917. The summed E-state index contributed by atoms with van der Waals surface area (Å²) in [5, 5.41) is 26.1. The first kappa shape index (κ1) is 52.0. The van der Waals surface area contributed by atoms with Crippen LogP contribution in [0.25, 0.3) is 176 Å². The Labute approximate surface area is 537 Å². The highest BCUT2D eigenvalue weighted by molar-refractivity contribution is 6.17. The van der Waals surface area contributed by atoms with Crippen LogP contribution in [0.1, 0.15) is 17.1 Å². The third-order valence-corrected chi connectivity index (χ3v) is 19.8. The summed E-state index contributed by atoms with van der Waals surface area (Å²) >= 11 is 0. The Hall–Kier alpha value is -12.8. The number of nitriles is 1. The van der Waals surface area contributed by atoms with Crippen LogP contribution in [0.5, 0.6) is 0 Å². The number of nitrogens with zero attached hydrogens (tertiary/aromatic N) is 9.